The molecule has 3 heteroatoms. The van der Waals surface area contributed by atoms with Gasteiger partial charge < -0.3 is 10.4 Å². The van der Waals surface area contributed by atoms with Gasteiger partial charge in [0.25, 0.3) is 0 Å². The van der Waals surface area contributed by atoms with Crippen LogP contribution in [0, 0.1) is 18.7 Å². The van der Waals surface area contributed by atoms with Crippen LogP contribution in [0.15, 0.2) is 42.5 Å². The Kier molecular flexibility index (Phi) is 3.93. The van der Waals surface area contributed by atoms with Gasteiger partial charge in [-0.05, 0) is 74.0 Å². The normalized spacial score (nSPS) is 27.2. The lowest BCUT2D eigenvalue weighted by atomic mass is 9.76. The van der Waals surface area contributed by atoms with Gasteiger partial charge in [0.05, 0.1) is 5.60 Å². The van der Waals surface area contributed by atoms with Gasteiger partial charge in [0, 0.05) is 5.92 Å². The predicted molar refractivity (Wildman–Crippen MR) is 93.5 cm³/mol. The molecule has 0 saturated carbocycles. The summed E-state index contributed by atoms with van der Waals surface area (Å²) in [6, 6.07) is 13.2. The van der Waals surface area contributed by atoms with Crippen LogP contribution < -0.4 is 5.32 Å². The molecule has 2 unspecified atom stereocenters. The van der Waals surface area contributed by atoms with Gasteiger partial charge >= 0.3 is 0 Å². The standard InChI is InChI=1S/C21H24FNO/c1-14-2-7-18-19(15-3-5-17(22)6-4-15)13-21(24,20(18)12-14)16-8-10-23-11-9-16/h2-7,12,16,19,23-24H,8-11,13H2,1H3. The molecule has 1 heterocycles. The highest BCUT2D eigenvalue weighted by Gasteiger charge is 2.48. The topological polar surface area (TPSA) is 32.3 Å². The quantitative estimate of drug-likeness (QED) is 0.879. The summed E-state index contributed by atoms with van der Waals surface area (Å²) in [7, 11) is 0. The molecule has 1 aliphatic heterocycles. The summed E-state index contributed by atoms with van der Waals surface area (Å²) in [5.74, 6) is 0.209. The van der Waals surface area contributed by atoms with Gasteiger partial charge in [-0.2, -0.15) is 0 Å². The van der Waals surface area contributed by atoms with Crippen LogP contribution in [0.25, 0.3) is 0 Å². The van der Waals surface area contributed by atoms with Crippen LogP contribution >= 0.6 is 0 Å². The van der Waals surface area contributed by atoms with Crippen molar-refractivity contribution in [3.63, 3.8) is 0 Å². The van der Waals surface area contributed by atoms with E-state index in [0.717, 1.165) is 37.1 Å². The maximum Gasteiger partial charge on any atom is 0.123 e. The molecule has 0 bridgehead atoms. The molecular weight excluding hydrogens is 301 g/mol. The number of fused-ring (bicyclic) bond motifs is 1. The summed E-state index contributed by atoms with van der Waals surface area (Å²) in [5.41, 5.74) is 3.78. The number of aliphatic hydroxyl groups is 1. The van der Waals surface area contributed by atoms with Crippen LogP contribution in [0.3, 0.4) is 0 Å². The van der Waals surface area contributed by atoms with E-state index < -0.39 is 5.60 Å². The van der Waals surface area contributed by atoms with E-state index in [9.17, 15) is 9.50 Å². The SMILES string of the molecule is Cc1ccc2c(c1)C(O)(C1CCNCC1)CC2c1ccc(F)cc1. The summed E-state index contributed by atoms with van der Waals surface area (Å²) in [5, 5.41) is 15.1. The number of aryl methyl sites for hydroxylation is 1. The van der Waals surface area contributed by atoms with Crippen LogP contribution in [-0.2, 0) is 5.60 Å². The molecular formula is C21H24FNO. The zero-order valence-electron chi connectivity index (χ0n) is 14.1. The number of halogens is 1. The van der Waals surface area contributed by atoms with Crippen molar-refractivity contribution < 1.29 is 9.50 Å². The average molecular weight is 325 g/mol. The van der Waals surface area contributed by atoms with Crippen molar-refractivity contribution in [2.75, 3.05) is 13.1 Å². The molecule has 0 aromatic heterocycles. The van der Waals surface area contributed by atoms with Gasteiger partial charge in [-0.25, -0.2) is 4.39 Å². The van der Waals surface area contributed by atoms with Crippen molar-refractivity contribution in [2.45, 2.75) is 37.7 Å². The first-order valence-corrected chi connectivity index (χ1v) is 8.87. The molecule has 1 aliphatic carbocycles. The van der Waals surface area contributed by atoms with E-state index >= 15 is 0 Å². The highest BCUT2D eigenvalue weighted by Crippen LogP contribution is 2.53. The second kappa shape index (κ2) is 5.98. The minimum absolute atomic E-state index is 0.140. The van der Waals surface area contributed by atoms with E-state index in [4.69, 9.17) is 0 Å². The monoisotopic (exact) mass is 325 g/mol. The lowest BCUT2D eigenvalue weighted by Gasteiger charge is -2.37. The third-order valence-electron chi connectivity index (χ3n) is 5.85. The van der Waals surface area contributed by atoms with E-state index in [1.807, 2.05) is 12.1 Å². The number of nitrogens with one attached hydrogen (secondary N) is 1. The van der Waals surface area contributed by atoms with Gasteiger partial charge in [0.15, 0.2) is 0 Å². The highest BCUT2D eigenvalue weighted by molar-refractivity contribution is 5.48. The first-order chi connectivity index (χ1) is 11.6. The first-order valence-electron chi connectivity index (χ1n) is 8.87. The molecule has 1 fully saturated rings. The minimum Gasteiger partial charge on any atom is -0.385 e. The zero-order valence-corrected chi connectivity index (χ0v) is 14.1. The van der Waals surface area contributed by atoms with E-state index in [0.29, 0.717) is 6.42 Å². The van der Waals surface area contributed by atoms with Crippen molar-refractivity contribution in [1.29, 1.82) is 0 Å². The molecule has 2 aromatic rings. The molecule has 2 aromatic carbocycles. The molecule has 1 saturated heterocycles. The van der Waals surface area contributed by atoms with Crippen molar-refractivity contribution in [1.82, 2.24) is 5.32 Å². The molecule has 0 spiro atoms. The number of hydrogen-bond acceptors (Lipinski definition) is 2. The molecule has 2 N–H and O–H groups in total. The Balaban J connectivity index is 1.78. The molecule has 126 valence electrons. The van der Waals surface area contributed by atoms with E-state index in [2.05, 4.69) is 30.4 Å². The molecule has 2 atom stereocenters. The second-order valence-electron chi connectivity index (χ2n) is 7.35. The van der Waals surface area contributed by atoms with Crippen LogP contribution in [0.4, 0.5) is 4.39 Å². The molecule has 0 amide bonds. The zero-order chi connectivity index (χ0) is 16.7. The summed E-state index contributed by atoms with van der Waals surface area (Å²) < 4.78 is 13.3. The number of hydrogen-bond donors (Lipinski definition) is 2. The van der Waals surface area contributed by atoms with Crippen LogP contribution in [0.5, 0.6) is 0 Å². The minimum atomic E-state index is -0.775. The molecule has 4 rings (SSSR count). The smallest absolute Gasteiger partial charge is 0.123 e. The molecule has 24 heavy (non-hydrogen) atoms. The molecule has 2 nitrogen and oxygen atoms in total. The van der Waals surface area contributed by atoms with Crippen LogP contribution in [0.2, 0.25) is 0 Å². The van der Waals surface area contributed by atoms with Crippen molar-refractivity contribution >= 4 is 0 Å². The van der Waals surface area contributed by atoms with E-state index in [1.165, 1.54) is 23.3 Å². The summed E-state index contributed by atoms with van der Waals surface area (Å²) in [6.45, 7) is 4.01. The second-order valence-corrected chi connectivity index (χ2v) is 7.35. The third kappa shape index (κ3) is 2.56. The fourth-order valence-corrected chi connectivity index (χ4v) is 4.56. The highest BCUT2D eigenvalue weighted by atomic mass is 19.1. The first kappa shape index (κ1) is 15.8. The van der Waals surface area contributed by atoms with Crippen LogP contribution in [-0.4, -0.2) is 18.2 Å². The Morgan fingerprint density at radius 3 is 2.50 bits per heavy atom. The Labute approximate surface area is 142 Å². The van der Waals surface area contributed by atoms with E-state index in [1.54, 1.807) is 0 Å². The summed E-state index contributed by atoms with van der Waals surface area (Å²) in [6.07, 6.45) is 2.70. The number of piperidine rings is 1. The van der Waals surface area contributed by atoms with Gasteiger partial charge in [-0.15, -0.1) is 0 Å². The Bertz CT molecular complexity index is 736. The predicted octanol–water partition coefficient (Wildman–Crippen LogP) is 3.86. The van der Waals surface area contributed by atoms with Crippen molar-refractivity contribution in [3.8, 4) is 0 Å². The number of rotatable bonds is 2. The summed E-state index contributed by atoms with van der Waals surface area (Å²) in [4.78, 5) is 0. The van der Waals surface area contributed by atoms with Gasteiger partial charge in [0.1, 0.15) is 5.82 Å². The van der Waals surface area contributed by atoms with Crippen LogP contribution in [0.1, 0.15) is 47.4 Å². The Morgan fingerprint density at radius 2 is 1.79 bits per heavy atom. The van der Waals surface area contributed by atoms with Gasteiger partial charge in [-0.1, -0.05) is 35.9 Å². The maximum absolute atomic E-state index is 13.3. The molecule has 0 radical (unpaired) electrons. The lowest BCUT2D eigenvalue weighted by Crippen LogP contribution is -2.40. The van der Waals surface area contributed by atoms with Crippen molar-refractivity contribution in [3.05, 3.63) is 70.5 Å². The number of benzene rings is 2. The van der Waals surface area contributed by atoms with Gasteiger partial charge in [-0.3, -0.25) is 0 Å². The average Bonchev–Trinajstić information content (AvgIpc) is 2.90. The third-order valence-corrected chi connectivity index (χ3v) is 5.85. The Hall–Kier alpha value is -1.71. The fourth-order valence-electron chi connectivity index (χ4n) is 4.56. The van der Waals surface area contributed by atoms with E-state index in [-0.39, 0.29) is 17.7 Å². The summed E-state index contributed by atoms with van der Waals surface area (Å²) >= 11 is 0. The molecule has 2 aliphatic rings. The van der Waals surface area contributed by atoms with Crippen molar-refractivity contribution in [2.24, 2.45) is 5.92 Å². The van der Waals surface area contributed by atoms with Gasteiger partial charge in [0.2, 0.25) is 0 Å². The lowest BCUT2D eigenvalue weighted by molar-refractivity contribution is -0.0365. The maximum atomic E-state index is 13.3. The largest absolute Gasteiger partial charge is 0.385 e. The fraction of sp³-hybridized carbons (Fsp3) is 0.429. The Morgan fingerprint density at radius 1 is 1.08 bits per heavy atom.